The van der Waals surface area contributed by atoms with E-state index in [4.69, 9.17) is 44.1 Å². The molecule has 3 aromatic heterocycles. The van der Waals surface area contributed by atoms with Gasteiger partial charge in [-0.15, -0.1) is 0 Å². The second-order valence-electron chi connectivity index (χ2n) is 33.4. The van der Waals surface area contributed by atoms with Gasteiger partial charge in [-0.1, -0.05) is 99.0 Å². The maximum absolute atomic E-state index is 12.2. The van der Waals surface area contributed by atoms with E-state index in [1.165, 1.54) is 76.5 Å². The van der Waals surface area contributed by atoms with E-state index < -0.39 is 0 Å². The molecule has 6 saturated heterocycles. The maximum atomic E-state index is 12.2. The van der Waals surface area contributed by atoms with Crippen molar-refractivity contribution in [3.63, 3.8) is 0 Å². The Labute approximate surface area is 726 Å². The smallest absolute Gasteiger partial charge is 0.318 e. The molecule has 12 heterocycles. The molecule has 4 amide bonds. The average Bonchev–Trinajstić information content (AvgIpc) is 0.910. The quantitative estimate of drug-likeness (QED) is 0.0397. The number of phenolic OH excluding ortho intramolecular Hbond substituents is 3. The van der Waals surface area contributed by atoms with Crippen LogP contribution in [0.15, 0.2) is 147 Å². The summed E-state index contributed by atoms with van der Waals surface area (Å²) < 4.78 is 18.5. The van der Waals surface area contributed by atoms with E-state index in [1.54, 1.807) is 13.0 Å². The molecule has 0 atom stereocenters. The summed E-state index contributed by atoms with van der Waals surface area (Å²) in [6.07, 6.45) is 14.8. The van der Waals surface area contributed by atoms with Gasteiger partial charge in [-0.05, 0) is 137 Å². The van der Waals surface area contributed by atoms with E-state index in [1.807, 2.05) is 105 Å². The molecule has 0 spiro atoms. The number of likely N-dealkylation sites (tertiary alicyclic amines) is 2. The minimum absolute atomic E-state index is 0.0268. The van der Waals surface area contributed by atoms with Crippen LogP contribution in [0.3, 0.4) is 0 Å². The molecule has 0 aliphatic carbocycles. The molecule has 9 aliphatic rings. The summed E-state index contributed by atoms with van der Waals surface area (Å²) in [5, 5.41) is 37.7. The van der Waals surface area contributed by atoms with Crippen molar-refractivity contribution < 1.29 is 48.7 Å². The molecule has 29 nitrogen and oxygen atoms in total. The molecule has 0 bridgehead atoms. The third-order valence-electron chi connectivity index (χ3n) is 25.6. The van der Waals surface area contributed by atoms with Crippen LogP contribution in [0.2, 0.25) is 0 Å². The van der Waals surface area contributed by atoms with Gasteiger partial charge in [0.15, 0.2) is 0 Å². The topological polar surface area (TPSA) is 276 Å². The summed E-state index contributed by atoms with van der Waals surface area (Å²) in [6, 6.07) is 36.5. The number of benzene rings is 6. The molecule has 9 aromatic rings. The van der Waals surface area contributed by atoms with Gasteiger partial charge in [-0.25, -0.2) is 0 Å². The summed E-state index contributed by atoms with van der Waals surface area (Å²) in [5.41, 5.74) is 9.23. The average molecular weight is 1690 g/mol. The molecular weight excluding hydrogens is 1570 g/mol. The molecule has 652 valence electrons. The van der Waals surface area contributed by atoms with Gasteiger partial charge in [0.25, 0.3) is 0 Å². The monoisotopic (exact) mass is 1680 g/mol. The van der Waals surface area contributed by atoms with Crippen LogP contribution in [-0.4, -0.2) is 293 Å². The Hall–Kier alpha value is -12.1. The third-order valence-corrected chi connectivity index (χ3v) is 25.6. The Bertz CT molecular complexity index is 5320. The number of nitrogens with zero attached hydrogens (tertiary/aromatic N) is 19. The highest BCUT2D eigenvalue weighted by atomic mass is 16.5. The lowest BCUT2D eigenvalue weighted by Crippen LogP contribution is -2.49. The van der Waals surface area contributed by atoms with E-state index in [0.29, 0.717) is 136 Å². The zero-order valence-electron chi connectivity index (χ0n) is 71.6. The van der Waals surface area contributed by atoms with Crippen molar-refractivity contribution in [2.45, 2.75) is 90.8 Å². The number of anilines is 6. The molecule has 9 aliphatic heterocycles. The van der Waals surface area contributed by atoms with Gasteiger partial charge < -0.3 is 88.3 Å². The number of phenols is 3. The molecule has 6 fully saturated rings. The summed E-state index contributed by atoms with van der Waals surface area (Å²) in [7, 11) is 0. The number of rotatable bonds is 23. The van der Waals surface area contributed by atoms with Gasteiger partial charge in [0, 0.05) is 219 Å². The summed E-state index contributed by atoms with van der Waals surface area (Å²) >= 11 is 0. The van der Waals surface area contributed by atoms with Crippen LogP contribution in [-0.2, 0) is 58.1 Å². The van der Waals surface area contributed by atoms with Crippen molar-refractivity contribution in [1.82, 2.24) is 64.2 Å². The van der Waals surface area contributed by atoms with E-state index in [0.717, 1.165) is 198 Å². The second kappa shape index (κ2) is 40.1. The fraction of sp³-hybridized carbons (Fsp3) is 0.453. The SMILES string of the molecule is C=CC(=O)N1CCN(c2nc(OCCCN3CCCC3)nc3c2CCN(c2cc(O)cc4ccccc24)C3)CC1.C=CC(=O)N1CCN(c2nc(OCCCN3CCCCC3)nc3c2CCN(c2cc(O)cc4ccccc24)C3)CC1.C=CC(=O)N1CCN(c2nc(OCCN3CCN(C(C)=O)CC3)nc3c2CCN(c2cc(O)cc4ccccc24)C3)CC1. The van der Waals surface area contributed by atoms with Crippen molar-refractivity contribution in [3.8, 4) is 35.3 Å². The van der Waals surface area contributed by atoms with Crippen LogP contribution in [0.4, 0.5) is 34.5 Å². The first-order valence-electron chi connectivity index (χ1n) is 44.5. The zero-order chi connectivity index (χ0) is 85.6. The zero-order valence-corrected chi connectivity index (χ0v) is 71.6. The first-order chi connectivity index (χ1) is 60.6. The Morgan fingerprint density at radius 1 is 0.347 bits per heavy atom. The first kappa shape index (κ1) is 85.5. The van der Waals surface area contributed by atoms with Gasteiger partial charge >= 0.3 is 18.0 Å². The fourth-order valence-corrected chi connectivity index (χ4v) is 18.8. The third kappa shape index (κ3) is 20.4. The first-order valence-corrected chi connectivity index (χ1v) is 44.5. The van der Waals surface area contributed by atoms with E-state index >= 15 is 0 Å². The van der Waals surface area contributed by atoms with Crippen molar-refractivity contribution in [3.05, 3.63) is 181 Å². The van der Waals surface area contributed by atoms with Gasteiger partial charge in [-0.2, -0.15) is 29.9 Å². The second-order valence-corrected chi connectivity index (χ2v) is 33.4. The minimum atomic E-state index is -0.0495. The Balaban J connectivity index is 0.000000138. The lowest BCUT2D eigenvalue weighted by atomic mass is 10.0. The fourth-order valence-electron chi connectivity index (χ4n) is 18.8. The van der Waals surface area contributed by atoms with Crippen molar-refractivity contribution in [2.75, 3.05) is 219 Å². The predicted octanol–water partition coefficient (Wildman–Crippen LogP) is 9.86. The Morgan fingerprint density at radius 2 is 0.653 bits per heavy atom. The largest absolute Gasteiger partial charge is 0.508 e. The highest BCUT2D eigenvalue weighted by Gasteiger charge is 2.35. The predicted molar refractivity (Wildman–Crippen MR) is 485 cm³/mol. The van der Waals surface area contributed by atoms with E-state index in [2.05, 4.69) is 82.0 Å². The number of ether oxygens (including phenoxy) is 3. The van der Waals surface area contributed by atoms with Crippen molar-refractivity contribution in [1.29, 1.82) is 0 Å². The lowest BCUT2D eigenvalue weighted by molar-refractivity contribution is -0.130. The Morgan fingerprint density at radius 3 is 0.984 bits per heavy atom. The van der Waals surface area contributed by atoms with Gasteiger partial charge in [0.2, 0.25) is 23.6 Å². The molecule has 3 N–H and O–H groups in total. The van der Waals surface area contributed by atoms with E-state index in [-0.39, 0.29) is 40.9 Å². The molecule has 6 aromatic carbocycles. The van der Waals surface area contributed by atoms with Crippen LogP contribution in [0, 0.1) is 0 Å². The van der Waals surface area contributed by atoms with Crippen LogP contribution < -0.4 is 43.6 Å². The molecular formula is C95H117N19O10. The number of aromatic nitrogens is 6. The molecule has 18 rings (SSSR count). The summed E-state index contributed by atoms with van der Waals surface area (Å²) in [4.78, 5) is 106. The molecule has 124 heavy (non-hydrogen) atoms. The minimum Gasteiger partial charge on any atom is -0.508 e. The van der Waals surface area contributed by atoms with Crippen molar-refractivity contribution in [2.24, 2.45) is 0 Å². The summed E-state index contributed by atoms with van der Waals surface area (Å²) in [5.74, 6) is 3.50. The van der Waals surface area contributed by atoms with E-state index in [9.17, 15) is 34.5 Å². The number of piperidine rings is 1. The highest BCUT2D eigenvalue weighted by molar-refractivity contribution is 5.98. The van der Waals surface area contributed by atoms with Crippen molar-refractivity contribution >= 4 is 90.5 Å². The van der Waals surface area contributed by atoms with Crippen LogP contribution >= 0.6 is 0 Å². The number of aromatic hydroxyl groups is 3. The number of carbonyl (C=O) groups excluding carboxylic acids is 4. The van der Waals surface area contributed by atoms with Crippen LogP contribution in [0.5, 0.6) is 35.3 Å². The molecule has 0 radical (unpaired) electrons. The lowest BCUT2D eigenvalue weighted by Gasteiger charge is -2.38. The standard InChI is InChI=1S/C32H39N7O4.C32H40N6O3.C31H38N6O3/c1-3-30(42)37-14-16-38(17-15-37)31-27-8-9-39(29-21-25(41)20-24-6-4-5-7-26(24)29)22-28(27)33-32(34-31)43-19-18-35-10-12-36(13-11-35)23(2)40;1-2-30(40)36-16-18-37(19-17-36)31-27-11-15-38(29-22-25(39)21-24-9-4-5-10-26(24)29)23-28(27)33-32(34-31)41-20-8-14-35-12-6-3-7-13-35;1-2-29(39)35-15-17-36(18-16-35)30-26-10-14-37(28-21-24(38)20-23-8-3-4-9-25(23)28)22-27(26)32-31(33-30)40-19-7-13-34-11-5-6-12-34/h3-7,20-21,41H,1,8-19,22H2,2H3;2,4-5,9-10,21-22,39H,1,3,6-8,11-20,23H2;2-4,8-9,20-21,38H,1,5-7,10-19,22H2. The number of fused-ring (bicyclic) bond motifs is 6. The normalized spacial score (nSPS) is 17.8. The molecule has 0 unspecified atom stereocenters. The number of piperazine rings is 4. The number of hydrogen-bond acceptors (Lipinski definition) is 25. The summed E-state index contributed by atoms with van der Waals surface area (Å²) in [6.45, 7) is 36.8. The molecule has 29 heteroatoms. The van der Waals surface area contributed by atoms with Gasteiger partial charge in [0.05, 0.1) is 49.9 Å². The highest BCUT2D eigenvalue weighted by Crippen LogP contribution is 2.41. The van der Waals surface area contributed by atoms with Gasteiger partial charge in [0.1, 0.15) is 41.3 Å². The Kier molecular flexibility index (Phi) is 27.6. The number of hydrogen-bond donors (Lipinski definition) is 3. The van der Waals surface area contributed by atoms with Gasteiger partial charge in [-0.3, -0.25) is 24.1 Å². The van der Waals surface area contributed by atoms with Crippen LogP contribution in [0.1, 0.15) is 85.6 Å². The number of amides is 4. The number of carbonyl (C=O) groups is 4. The van der Waals surface area contributed by atoms with Crippen LogP contribution in [0.25, 0.3) is 32.3 Å². The molecule has 0 saturated carbocycles. The maximum Gasteiger partial charge on any atom is 0.318 e.